The Labute approximate surface area is 175 Å². The highest BCUT2D eigenvalue weighted by Crippen LogP contribution is 2.21. The maximum absolute atomic E-state index is 12.8. The number of ether oxygens (including phenoxy) is 1. The van der Waals surface area contributed by atoms with Crippen LogP contribution >= 0.6 is 11.8 Å². The first-order chi connectivity index (χ1) is 13.9. The molecular weight excluding hydrogens is 394 g/mol. The number of hydrogen-bond acceptors (Lipinski definition) is 7. The van der Waals surface area contributed by atoms with Crippen molar-refractivity contribution in [2.75, 3.05) is 37.9 Å². The van der Waals surface area contributed by atoms with Gasteiger partial charge in [0.05, 0.1) is 24.4 Å². The summed E-state index contributed by atoms with van der Waals surface area (Å²) in [7, 11) is 0. The number of esters is 1. The van der Waals surface area contributed by atoms with Gasteiger partial charge in [-0.2, -0.15) is 0 Å². The van der Waals surface area contributed by atoms with Crippen molar-refractivity contribution in [3.63, 3.8) is 0 Å². The van der Waals surface area contributed by atoms with Gasteiger partial charge in [-0.05, 0) is 32.4 Å². The van der Waals surface area contributed by atoms with Gasteiger partial charge in [0.25, 0.3) is 5.91 Å². The molecule has 8 nitrogen and oxygen atoms in total. The van der Waals surface area contributed by atoms with Gasteiger partial charge >= 0.3 is 11.9 Å². The van der Waals surface area contributed by atoms with Gasteiger partial charge in [0.1, 0.15) is 6.54 Å². The van der Waals surface area contributed by atoms with Gasteiger partial charge in [-0.3, -0.25) is 19.4 Å². The number of amides is 1. The van der Waals surface area contributed by atoms with Crippen LogP contribution in [0.2, 0.25) is 0 Å². The smallest absolute Gasteiger partial charge is 0.324 e. The highest BCUT2D eigenvalue weighted by molar-refractivity contribution is 7.99. The number of hydrazine groups is 1. The monoisotopic (exact) mass is 423 g/mol. The largest absolute Gasteiger partial charge is 0.480 e. The second kappa shape index (κ2) is 11.8. The number of rotatable bonds is 11. The van der Waals surface area contributed by atoms with Gasteiger partial charge < -0.3 is 15.2 Å². The highest BCUT2D eigenvalue weighted by atomic mass is 32.2. The zero-order valence-electron chi connectivity index (χ0n) is 16.9. The van der Waals surface area contributed by atoms with E-state index in [2.05, 4.69) is 5.32 Å². The minimum absolute atomic E-state index is 0.290. The third-order valence-corrected chi connectivity index (χ3v) is 5.59. The first kappa shape index (κ1) is 23.2. The number of aliphatic carboxylic acids is 1. The zero-order valence-corrected chi connectivity index (χ0v) is 17.7. The molecule has 0 radical (unpaired) electrons. The SMILES string of the molecule is CCOC(=O)[C@@H](CCN[C@@H](C)C(=O)N(CC(=O)O)N1CCSC1)c1ccccc1. The Morgan fingerprint density at radius 3 is 2.62 bits per heavy atom. The van der Waals surface area contributed by atoms with E-state index in [-0.39, 0.29) is 18.4 Å². The number of carbonyl (C=O) groups is 3. The lowest BCUT2D eigenvalue weighted by Gasteiger charge is -2.32. The van der Waals surface area contributed by atoms with Crippen LogP contribution in [0.4, 0.5) is 0 Å². The second-order valence-corrected chi connectivity index (χ2v) is 7.81. The summed E-state index contributed by atoms with van der Waals surface area (Å²) in [5, 5.41) is 15.4. The molecule has 0 spiro atoms. The molecule has 2 atom stereocenters. The summed E-state index contributed by atoms with van der Waals surface area (Å²) in [6, 6.07) is 8.83. The number of hydrogen-bond donors (Lipinski definition) is 2. The Kier molecular flexibility index (Phi) is 9.43. The fourth-order valence-electron chi connectivity index (χ4n) is 3.14. The average molecular weight is 424 g/mol. The summed E-state index contributed by atoms with van der Waals surface area (Å²) in [6.45, 7) is 4.49. The molecule has 1 aliphatic heterocycles. The minimum Gasteiger partial charge on any atom is -0.480 e. The van der Waals surface area contributed by atoms with Crippen molar-refractivity contribution in [2.45, 2.75) is 32.2 Å². The van der Waals surface area contributed by atoms with Crippen LogP contribution in [0.1, 0.15) is 31.7 Å². The number of carboxylic acid groups (broad SMARTS) is 1. The predicted molar refractivity (Wildman–Crippen MR) is 111 cm³/mol. The first-order valence-corrected chi connectivity index (χ1v) is 10.9. The van der Waals surface area contributed by atoms with Crippen molar-refractivity contribution in [3.8, 4) is 0 Å². The molecular formula is C20H29N3O5S. The second-order valence-electron chi connectivity index (χ2n) is 6.74. The number of nitrogens with one attached hydrogen (secondary N) is 1. The fraction of sp³-hybridized carbons (Fsp3) is 0.550. The Bertz CT molecular complexity index is 682. The molecule has 1 aromatic carbocycles. The van der Waals surface area contributed by atoms with Gasteiger partial charge in [-0.1, -0.05) is 30.3 Å². The molecule has 1 fully saturated rings. The normalized spacial score (nSPS) is 16.2. The van der Waals surface area contributed by atoms with Crippen molar-refractivity contribution in [1.29, 1.82) is 0 Å². The Morgan fingerprint density at radius 2 is 2.03 bits per heavy atom. The van der Waals surface area contributed by atoms with E-state index in [9.17, 15) is 14.4 Å². The molecule has 0 aromatic heterocycles. The standard InChI is InChI=1S/C20H29N3O5S/c1-3-28-20(27)17(16-7-5-4-6-8-16)9-10-21-15(2)19(26)23(13-18(24)25)22-11-12-29-14-22/h4-8,15,17,21H,3,9-14H2,1-2H3,(H,24,25)/t15-,17-/m0/s1. The van der Waals surface area contributed by atoms with Crippen LogP contribution in [-0.4, -0.2) is 76.9 Å². The molecule has 0 unspecified atom stereocenters. The lowest BCUT2D eigenvalue weighted by Crippen LogP contribution is -2.54. The van der Waals surface area contributed by atoms with Crippen LogP contribution < -0.4 is 5.32 Å². The van der Waals surface area contributed by atoms with Crippen molar-refractivity contribution in [3.05, 3.63) is 35.9 Å². The molecule has 1 aliphatic rings. The van der Waals surface area contributed by atoms with Crippen LogP contribution in [0, 0.1) is 0 Å². The average Bonchev–Trinajstić information content (AvgIpc) is 3.24. The predicted octanol–water partition coefficient (Wildman–Crippen LogP) is 1.54. The molecule has 1 aromatic rings. The van der Waals surface area contributed by atoms with E-state index in [0.29, 0.717) is 32.0 Å². The van der Waals surface area contributed by atoms with Crippen molar-refractivity contribution in [2.24, 2.45) is 0 Å². The third-order valence-electron chi connectivity index (χ3n) is 4.64. The summed E-state index contributed by atoms with van der Waals surface area (Å²) in [4.78, 5) is 36.4. The van der Waals surface area contributed by atoms with E-state index >= 15 is 0 Å². The lowest BCUT2D eigenvalue weighted by molar-refractivity contribution is -0.158. The molecule has 9 heteroatoms. The van der Waals surface area contributed by atoms with Gasteiger partial charge in [0.15, 0.2) is 0 Å². The maximum Gasteiger partial charge on any atom is 0.324 e. The van der Waals surface area contributed by atoms with Crippen LogP contribution in [0.3, 0.4) is 0 Å². The summed E-state index contributed by atoms with van der Waals surface area (Å²) in [5.74, 6) is -0.581. The summed E-state index contributed by atoms with van der Waals surface area (Å²) < 4.78 is 5.20. The molecule has 2 rings (SSSR count). The quantitative estimate of drug-likeness (QED) is 0.517. The molecule has 2 N–H and O–H groups in total. The first-order valence-electron chi connectivity index (χ1n) is 9.74. The third kappa shape index (κ3) is 7.02. The molecule has 1 heterocycles. The number of carboxylic acids is 1. The van der Waals surface area contributed by atoms with E-state index in [1.165, 1.54) is 5.01 Å². The topological polar surface area (TPSA) is 99.2 Å². The molecule has 1 saturated heterocycles. The Balaban J connectivity index is 1.95. The van der Waals surface area contributed by atoms with Crippen LogP contribution in [0.25, 0.3) is 0 Å². The number of carbonyl (C=O) groups excluding carboxylic acids is 2. The fourth-order valence-corrected chi connectivity index (χ4v) is 4.09. The van der Waals surface area contributed by atoms with E-state index < -0.39 is 17.9 Å². The molecule has 1 amide bonds. The summed E-state index contributed by atoms with van der Waals surface area (Å²) in [6.07, 6.45) is 0.471. The molecule has 29 heavy (non-hydrogen) atoms. The van der Waals surface area contributed by atoms with Crippen LogP contribution in [-0.2, 0) is 19.1 Å². The van der Waals surface area contributed by atoms with Crippen LogP contribution in [0.15, 0.2) is 30.3 Å². The van der Waals surface area contributed by atoms with E-state index in [0.717, 1.165) is 11.3 Å². The van der Waals surface area contributed by atoms with Gasteiger partial charge in [-0.25, -0.2) is 5.01 Å². The number of benzene rings is 1. The van der Waals surface area contributed by atoms with Crippen LogP contribution in [0.5, 0.6) is 0 Å². The summed E-state index contributed by atoms with van der Waals surface area (Å²) >= 11 is 1.66. The maximum atomic E-state index is 12.8. The number of thioether (sulfide) groups is 1. The van der Waals surface area contributed by atoms with Crippen molar-refractivity contribution >= 4 is 29.6 Å². The van der Waals surface area contributed by atoms with Gasteiger partial charge in [0, 0.05) is 12.3 Å². The van der Waals surface area contributed by atoms with E-state index in [1.807, 2.05) is 30.3 Å². The molecule has 0 saturated carbocycles. The van der Waals surface area contributed by atoms with Crippen molar-refractivity contribution in [1.82, 2.24) is 15.3 Å². The van der Waals surface area contributed by atoms with Gasteiger partial charge in [0.2, 0.25) is 0 Å². The van der Waals surface area contributed by atoms with Crippen molar-refractivity contribution < 1.29 is 24.2 Å². The lowest BCUT2D eigenvalue weighted by atomic mass is 9.95. The summed E-state index contributed by atoms with van der Waals surface area (Å²) in [5.41, 5.74) is 0.869. The molecule has 0 aliphatic carbocycles. The Morgan fingerprint density at radius 1 is 1.31 bits per heavy atom. The molecule has 0 bridgehead atoms. The minimum atomic E-state index is -1.05. The van der Waals surface area contributed by atoms with E-state index in [4.69, 9.17) is 9.84 Å². The number of nitrogens with zero attached hydrogens (tertiary/aromatic N) is 2. The molecule has 160 valence electrons. The zero-order chi connectivity index (χ0) is 21.2. The van der Waals surface area contributed by atoms with E-state index in [1.54, 1.807) is 30.6 Å². The Hall–Kier alpha value is -2.10. The van der Waals surface area contributed by atoms with Gasteiger partial charge in [-0.15, -0.1) is 11.8 Å². The highest BCUT2D eigenvalue weighted by Gasteiger charge is 2.30.